The van der Waals surface area contributed by atoms with Gasteiger partial charge in [-0.25, -0.2) is 4.79 Å². The maximum absolute atomic E-state index is 13.1. The van der Waals surface area contributed by atoms with E-state index in [2.05, 4.69) is 13.8 Å². The van der Waals surface area contributed by atoms with Gasteiger partial charge in [0, 0.05) is 11.6 Å². The lowest BCUT2D eigenvalue weighted by molar-refractivity contribution is -0.120. The van der Waals surface area contributed by atoms with E-state index in [4.69, 9.17) is 0 Å². The highest BCUT2D eigenvalue weighted by atomic mass is 16.4. The lowest BCUT2D eigenvalue weighted by Gasteiger charge is -2.24. The molecule has 0 aliphatic heterocycles. The Bertz CT molecular complexity index is 770. The van der Waals surface area contributed by atoms with Crippen LogP contribution in [-0.2, 0) is 11.3 Å². The summed E-state index contributed by atoms with van der Waals surface area (Å²) in [5, 5.41) is 9.18. The Morgan fingerprint density at radius 3 is 2.44 bits per heavy atom. The van der Waals surface area contributed by atoms with Crippen molar-refractivity contribution in [2.45, 2.75) is 26.8 Å². The predicted octanol–water partition coefficient (Wildman–Crippen LogP) is 4.21. The third-order valence-electron chi connectivity index (χ3n) is 4.86. The van der Waals surface area contributed by atoms with Gasteiger partial charge in [-0.2, -0.15) is 0 Å². The van der Waals surface area contributed by atoms with Crippen molar-refractivity contribution in [2.24, 2.45) is 17.8 Å². The molecule has 2 aromatic rings. The Kier molecular flexibility index (Phi) is 4.88. The molecule has 4 nitrogen and oxygen atoms in total. The average molecular weight is 337 g/mol. The molecule has 3 rings (SSSR count). The molecule has 1 N–H and O–H groups in total. The van der Waals surface area contributed by atoms with Gasteiger partial charge in [0.15, 0.2) is 0 Å². The molecule has 1 amide bonds. The minimum Gasteiger partial charge on any atom is -0.478 e. The minimum atomic E-state index is -0.957. The molecule has 0 saturated heterocycles. The van der Waals surface area contributed by atoms with Gasteiger partial charge in [-0.05, 0) is 48.1 Å². The Morgan fingerprint density at radius 1 is 1.12 bits per heavy atom. The molecule has 130 valence electrons. The van der Waals surface area contributed by atoms with Crippen LogP contribution in [0.2, 0.25) is 0 Å². The zero-order chi connectivity index (χ0) is 18.0. The van der Waals surface area contributed by atoms with Gasteiger partial charge in [-0.3, -0.25) is 4.79 Å². The van der Waals surface area contributed by atoms with E-state index in [0.29, 0.717) is 18.4 Å². The number of carbonyl (C=O) groups excluding carboxylic acids is 1. The van der Waals surface area contributed by atoms with Crippen molar-refractivity contribution in [3.63, 3.8) is 0 Å². The molecule has 2 unspecified atom stereocenters. The second kappa shape index (κ2) is 7.09. The van der Waals surface area contributed by atoms with Crippen LogP contribution in [0.25, 0.3) is 0 Å². The topological polar surface area (TPSA) is 57.6 Å². The fourth-order valence-electron chi connectivity index (χ4n) is 3.33. The summed E-state index contributed by atoms with van der Waals surface area (Å²) in [5.41, 5.74) is 1.91. The molecule has 1 saturated carbocycles. The summed E-state index contributed by atoms with van der Waals surface area (Å²) < 4.78 is 0. The summed E-state index contributed by atoms with van der Waals surface area (Å²) in [7, 11) is 0. The maximum Gasteiger partial charge on any atom is 0.335 e. The number of carbonyl (C=O) groups is 2. The first-order valence-electron chi connectivity index (χ1n) is 8.66. The van der Waals surface area contributed by atoms with Crippen molar-refractivity contribution < 1.29 is 14.7 Å². The van der Waals surface area contributed by atoms with Crippen molar-refractivity contribution >= 4 is 17.6 Å². The summed E-state index contributed by atoms with van der Waals surface area (Å²) in [6.45, 7) is 4.69. The van der Waals surface area contributed by atoms with Crippen molar-refractivity contribution in [2.75, 3.05) is 4.90 Å². The van der Waals surface area contributed by atoms with Crippen molar-refractivity contribution in [3.05, 3.63) is 65.7 Å². The molecule has 4 heteroatoms. The van der Waals surface area contributed by atoms with Crippen LogP contribution in [0.4, 0.5) is 5.69 Å². The van der Waals surface area contributed by atoms with Crippen LogP contribution in [0.5, 0.6) is 0 Å². The summed E-state index contributed by atoms with van der Waals surface area (Å²) in [6, 6.07) is 16.4. The van der Waals surface area contributed by atoms with E-state index in [1.807, 2.05) is 36.4 Å². The fraction of sp³-hybridized carbons (Fsp3) is 0.333. The first kappa shape index (κ1) is 17.2. The maximum atomic E-state index is 13.1. The lowest BCUT2D eigenvalue weighted by atomic mass is 10.1. The Balaban J connectivity index is 1.86. The smallest absolute Gasteiger partial charge is 0.335 e. The molecular formula is C21H23NO3. The number of hydrogen-bond donors (Lipinski definition) is 1. The van der Waals surface area contributed by atoms with E-state index in [0.717, 1.165) is 17.7 Å². The highest BCUT2D eigenvalue weighted by molar-refractivity contribution is 5.97. The predicted molar refractivity (Wildman–Crippen MR) is 97.5 cm³/mol. The number of nitrogens with zero attached hydrogens (tertiary/aromatic N) is 1. The lowest BCUT2D eigenvalue weighted by Crippen LogP contribution is -2.32. The summed E-state index contributed by atoms with van der Waals surface area (Å²) >= 11 is 0. The molecule has 0 heterocycles. The second-order valence-corrected chi connectivity index (χ2v) is 7.02. The number of carboxylic acid groups (broad SMARTS) is 1. The number of amides is 1. The van der Waals surface area contributed by atoms with Crippen LogP contribution in [0.15, 0.2) is 54.6 Å². The van der Waals surface area contributed by atoms with E-state index >= 15 is 0 Å². The van der Waals surface area contributed by atoms with Crippen LogP contribution in [-0.4, -0.2) is 17.0 Å². The number of aromatic carboxylic acids is 1. The third kappa shape index (κ3) is 3.90. The van der Waals surface area contributed by atoms with E-state index in [1.165, 1.54) is 0 Å². The Hall–Kier alpha value is -2.62. The van der Waals surface area contributed by atoms with Crippen LogP contribution in [0.3, 0.4) is 0 Å². The zero-order valence-electron chi connectivity index (χ0n) is 14.6. The van der Waals surface area contributed by atoms with Gasteiger partial charge in [0.2, 0.25) is 5.91 Å². The highest BCUT2D eigenvalue weighted by Gasteiger charge is 2.46. The monoisotopic (exact) mass is 337 g/mol. The molecule has 25 heavy (non-hydrogen) atoms. The average Bonchev–Trinajstić information content (AvgIpc) is 3.41. The number of benzene rings is 2. The van der Waals surface area contributed by atoms with Crippen LogP contribution in [0, 0.1) is 17.8 Å². The molecule has 2 atom stereocenters. The molecule has 1 fully saturated rings. The van der Waals surface area contributed by atoms with E-state index in [9.17, 15) is 14.7 Å². The van der Waals surface area contributed by atoms with Gasteiger partial charge in [0.05, 0.1) is 12.1 Å². The van der Waals surface area contributed by atoms with Gasteiger partial charge in [-0.1, -0.05) is 44.2 Å². The quantitative estimate of drug-likeness (QED) is 0.859. The molecular weight excluding hydrogens is 314 g/mol. The number of carboxylic acids is 1. The van der Waals surface area contributed by atoms with Gasteiger partial charge in [0.1, 0.15) is 0 Å². The van der Waals surface area contributed by atoms with Crippen LogP contribution in [0.1, 0.15) is 36.2 Å². The minimum absolute atomic E-state index is 0.0721. The van der Waals surface area contributed by atoms with Gasteiger partial charge in [-0.15, -0.1) is 0 Å². The van der Waals surface area contributed by atoms with Crippen molar-refractivity contribution in [1.82, 2.24) is 0 Å². The summed E-state index contributed by atoms with van der Waals surface area (Å²) in [4.78, 5) is 26.0. The van der Waals surface area contributed by atoms with Gasteiger partial charge in [0.25, 0.3) is 0 Å². The normalized spacial score (nSPS) is 18.8. The summed E-state index contributed by atoms with van der Waals surface area (Å²) in [5.74, 6) is 0.195. The molecule has 0 bridgehead atoms. The first-order chi connectivity index (χ1) is 12.0. The molecule has 1 aliphatic rings. The molecule has 0 radical (unpaired) electrons. The van der Waals surface area contributed by atoms with Crippen molar-refractivity contribution in [1.29, 1.82) is 0 Å². The number of para-hydroxylation sites is 1. The number of anilines is 1. The first-order valence-corrected chi connectivity index (χ1v) is 8.66. The van der Waals surface area contributed by atoms with Gasteiger partial charge < -0.3 is 10.0 Å². The largest absolute Gasteiger partial charge is 0.478 e. The molecule has 0 aromatic heterocycles. The molecule has 2 aromatic carbocycles. The summed E-state index contributed by atoms with van der Waals surface area (Å²) in [6.07, 6.45) is 0.939. The number of hydrogen-bond acceptors (Lipinski definition) is 2. The van der Waals surface area contributed by atoms with Crippen molar-refractivity contribution in [3.8, 4) is 0 Å². The fourth-order valence-corrected chi connectivity index (χ4v) is 3.33. The van der Waals surface area contributed by atoms with E-state index in [1.54, 1.807) is 23.1 Å². The second-order valence-electron chi connectivity index (χ2n) is 7.02. The Labute approximate surface area is 148 Å². The molecule has 1 aliphatic carbocycles. The third-order valence-corrected chi connectivity index (χ3v) is 4.86. The van der Waals surface area contributed by atoms with Crippen LogP contribution >= 0.6 is 0 Å². The highest BCUT2D eigenvalue weighted by Crippen LogP contribution is 2.45. The van der Waals surface area contributed by atoms with E-state index < -0.39 is 5.97 Å². The van der Waals surface area contributed by atoms with E-state index in [-0.39, 0.29) is 17.4 Å². The van der Waals surface area contributed by atoms with Gasteiger partial charge >= 0.3 is 5.97 Å². The zero-order valence-corrected chi connectivity index (χ0v) is 14.6. The standard InChI is InChI=1S/C21H23NO3/c1-14(2)18-12-19(18)20(23)22(17-9-4-3-5-10-17)13-15-7-6-8-16(11-15)21(24)25/h3-11,14,18-19H,12-13H2,1-2H3,(H,24,25). The SMILES string of the molecule is CC(C)C1CC1C(=O)N(Cc1cccc(C(=O)O)c1)c1ccccc1. The Morgan fingerprint density at radius 2 is 1.84 bits per heavy atom. The van der Waals surface area contributed by atoms with Crippen LogP contribution < -0.4 is 4.90 Å². The molecule has 0 spiro atoms. The number of rotatable bonds is 6.